The van der Waals surface area contributed by atoms with Crippen LogP contribution in [0.1, 0.15) is 35.9 Å². The molecule has 1 atom stereocenters. The molecule has 0 bridgehead atoms. The molecule has 142 valence electrons. The molecule has 7 heteroatoms. The minimum atomic E-state index is -3.75. The second kappa shape index (κ2) is 8.21. The fraction of sp³-hybridized carbons (Fsp3) is 0.250. The number of hydrogen-bond acceptors (Lipinski definition) is 5. The SMILES string of the molecule is CC(C)Cc1ccc([C@@H](Nc2ccc(S(N)(=O)=O)cn2)c2cccs2)cc1. The van der Waals surface area contributed by atoms with Gasteiger partial charge in [-0.05, 0) is 47.0 Å². The Bertz CT molecular complexity index is 965. The van der Waals surface area contributed by atoms with Crippen LogP contribution in [0.15, 0.2) is 65.0 Å². The molecule has 2 heterocycles. The highest BCUT2D eigenvalue weighted by Gasteiger charge is 2.16. The van der Waals surface area contributed by atoms with Crippen LogP contribution in [-0.2, 0) is 16.4 Å². The molecule has 3 N–H and O–H groups in total. The smallest absolute Gasteiger partial charge is 0.239 e. The zero-order valence-electron chi connectivity index (χ0n) is 15.3. The van der Waals surface area contributed by atoms with E-state index < -0.39 is 10.0 Å². The number of benzene rings is 1. The Morgan fingerprint density at radius 2 is 1.85 bits per heavy atom. The quantitative estimate of drug-likeness (QED) is 0.622. The van der Waals surface area contributed by atoms with E-state index in [0.29, 0.717) is 11.7 Å². The summed E-state index contributed by atoms with van der Waals surface area (Å²) in [4.78, 5) is 5.37. The highest BCUT2D eigenvalue weighted by Crippen LogP contribution is 2.30. The third-order valence-corrected chi connectivity index (χ3v) is 5.98. The number of pyridine rings is 1. The molecule has 0 fully saturated rings. The summed E-state index contributed by atoms with van der Waals surface area (Å²) in [5, 5.41) is 10.6. The maximum atomic E-state index is 11.4. The van der Waals surface area contributed by atoms with Crippen molar-refractivity contribution in [3.05, 3.63) is 76.1 Å². The lowest BCUT2D eigenvalue weighted by molar-refractivity contribution is 0.597. The van der Waals surface area contributed by atoms with Crippen LogP contribution in [0.4, 0.5) is 5.82 Å². The van der Waals surface area contributed by atoms with Crippen molar-refractivity contribution in [2.24, 2.45) is 11.1 Å². The number of aromatic nitrogens is 1. The molecule has 0 aliphatic heterocycles. The van der Waals surface area contributed by atoms with Crippen molar-refractivity contribution in [1.82, 2.24) is 4.98 Å². The molecular formula is C20H23N3O2S2. The van der Waals surface area contributed by atoms with E-state index in [-0.39, 0.29) is 10.9 Å². The Kier molecular flexibility index (Phi) is 5.94. The van der Waals surface area contributed by atoms with Gasteiger partial charge in [-0.25, -0.2) is 18.5 Å². The molecule has 1 aromatic carbocycles. The molecule has 3 aromatic rings. The van der Waals surface area contributed by atoms with Gasteiger partial charge in [0.15, 0.2) is 0 Å². The molecule has 27 heavy (non-hydrogen) atoms. The van der Waals surface area contributed by atoms with Crippen LogP contribution in [-0.4, -0.2) is 13.4 Å². The van der Waals surface area contributed by atoms with Gasteiger partial charge in [-0.3, -0.25) is 0 Å². The maximum absolute atomic E-state index is 11.4. The van der Waals surface area contributed by atoms with Gasteiger partial charge in [0.2, 0.25) is 10.0 Å². The van der Waals surface area contributed by atoms with Crippen LogP contribution in [0.5, 0.6) is 0 Å². The summed E-state index contributed by atoms with van der Waals surface area (Å²) >= 11 is 1.66. The minimum Gasteiger partial charge on any atom is -0.358 e. The first-order valence-corrected chi connectivity index (χ1v) is 11.1. The van der Waals surface area contributed by atoms with Crippen LogP contribution < -0.4 is 10.5 Å². The number of hydrogen-bond donors (Lipinski definition) is 2. The summed E-state index contributed by atoms with van der Waals surface area (Å²) in [6, 6.07) is 15.7. The number of rotatable bonds is 7. The van der Waals surface area contributed by atoms with Gasteiger partial charge in [0.25, 0.3) is 0 Å². The fourth-order valence-corrected chi connectivity index (χ4v) is 4.13. The molecule has 5 nitrogen and oxygen atoms in total. The van der Waals surface area contributed by atoms with E-state index in [4.69, 9.17) is 5.14 Å². The summed E-state index contributed by atoms with van der Waals surface area (Å²) in [6.45, 7) is 4.42. The normalized spacial score (nSPS) is 12.9. The second-order valence-corrected chi connectivity index (χ2v) is 9.40. The number of primary sulfonamides is 1. The molecule has 0 amide bonds. The number of nitrogens with one attached hydrogen (secondary N) is 1. The van der Waals surface area contributed by atoms with Crippen molar-refractivity contribution in [3.63, 3.8) is 0 Å². The predicted molar refractivity (Wildman–Crippen MR) is 110 cm³/mol. The van der Waals surface area contributed by atoms with Gasteiger partial charge in [-0.1, -0.05) is 44.2 Å². The number of nitrogens with two attached hydrogens (primary N) is 1. The topological polar surface area (TPSA) is 85.1 Å². The van der Waals surface area contributed by atoms with Crippen molar-refractivity contribution in [1.29, 1.82) is 0 Å². The van der Waals surface area contributed by atoms with Crippen LogP contribution in [0, 0.1) is 5.92 Å². The van der Waals surface area contributed by atoms with E-state index in [1.807, 2.05) is 11.4 Å². The molecule has 2 aromatic heterocycles. The summed E-state index contributed by atoms with van der Waals surface area (Å²) in [6.07, 6.45) is 2.32. The Labute approximate surface area is 164 Å². The minimum absolute atomic E-state index is 0.00115. The van der Waals surface area contributed by atoms with E-state index >= 15 is 0 Å². The Balaban J connectivity index is 1.86. The standard InChI is InChI=1S/C20H23N3O2S2/c1-14(2)12-15-5-7-16(8-6-15)20(18-4-3-11-26-18)23-19-10-9-17(13-22-19)27(21,24)25/h3-11,13-14,20H,12H2,1-2H3,(H,22,23)(H2,21,24,25)/t20-/m1/s1. The molecule has 0 unspecified atom stereocenters. The van der Waals surface area contributed by atoms with Gasteiger partial charge in [-0.2, -0.15) is 0 Å². The van der Waals surface area contributed by atoms with Crippen LogP contribution in [0.2, 0.25) is 0 Å². The number of sulfonamides is 1. The molecule has 3 rings (SSSR count). The zero-order valence-corrected chi connectivity index (χ0v) is 16.9. The lowest BCUT2D eigenvalue weighted by Crippen LogP contribution is -2.14. The van der Waals surface area contributed by atoms with Gasteiger partial charge in [0, 0.05) is 11.1 Å². The first kappa shape index (κ1) is 19.5. The molecular weight excluding hydrogens is 378 g/mol. The molecule has 0 saturated heterocycles. The second-order valence-electron chi connectivity index (χ2n) is 6.86. The van der Waals surface area contributed by atoms with Gasteiger partial charge >= 0.3 is 0 Å². The summed E-state index contributed by atoms with van der Waals surface area (Å²) in [7, 11) is -3.75. The van der Waals surface area contributed by atoms with Gasteiger partial charge < -0.3 is 5.32 Å². The van der Waals surface area contributed by atoms with Crippen molar-refractivity contribution >= 4 is 27.2 Å². The Morgan fingerprint density at radius 1 is 1.11 bits per heavy atom. The van der Waals surface area contributed by atoms with E-state index in [2.05, 4.69) is 54.5 Å². The maximum Gasteiger partial charge on any atom is 0.239 e. The fourth-order valence-electron chi connectivity index (χ4n) is 2.87. The highest BCUT2D eigenvalue weighted by atomic mass is 32.2. The average Bonchev–Trinajstić information content (AvgIpc) is 3.14. The van der Waals surface area contributed by atoms with E-state index in [1.165, 1.54) is 17.8 Å². The van der Waals surface area contributed by atoms with Crippen LogP contribution >= 0.6 is 11.3 Å². The molecule has 0 spiro atoms. The van der Waals surface area contributed by atoms with Crippen molar-refractivity contribution in [2.75, 3.05) is 5.32 Å². The summed E-state index contributed by atoms with van der Waals surface area (Å²) in [5.74, 6) is 1.20. The summed E-state index contributed by atoms with van der Waals surface area (Å²) in [5.41, 5.74) is 2.44. The van der Waals surface area contributed by atoms with Crippen molar-refractivity contribution in [2.45, 2.75) is 31.2 Å². The van der Waals surface area contributed by atoms with Crippen LogP contribution in [0.3, 0.4) is 0 Å². The lowest BCUT2D eigenvalue weighted by Gasteiger charge is -2.19. The van der Waals surface area contributed by atoms with E-state index in [1.54, 1.807) is 17.4 Å². The van der Waals surface area contributed by atoms with Crippen LogP contribution in [0.25, 0.3) is 0 Å². The Hall–Kier alpha value is -2.22. The lowest BCUT2D eigenvalue weighted by atomic mass is 9.99. The molecule has 0 aliphatic carbocycles. The number of nitrogens with zero attached hydrogens (tertiary/aromatic N) is 1. The highest BCUT2D eigenvalue weighted by molar-refractivity contribution is 7.89. The number of anilines is 1. The predicted octanol–water partition coefficient (Wildman–Crippen LogP) is 4.19. The van der Waals surface area contributed by atoms with Gasteiger partial charge in [0.05, 0.1) is 6.04 Å². The van der Waals surface area contributed by atoms with Crippen molar-refractivity contribution < 1.29 is 8.42 Å². The molecule has 0 saturated carbocycles. The van der Waals surface area contributed by atoms with Crippen molar-refractivity contribution in [3.8, 4) is 0 Å². The molecule has 0 aliphatic rings. The first-order valence-electron chi connectivity index (χ1n) is 8.70. The third kappa shape index (κ3) is 5.15. The third-order valence-electron chi connectivity index (χ3n) is 4.14. The largest absolute Gasteiger partial charge is 0.358 e. The Morgan fingerprint density at radius 3 is 2.37 bits per heavy atom. The van der Waals surface area contributed by atoms with E-state index in [9.17, 15) is 8.42 Å². The number of thiophene rings is 1. The zero-order chi connectivity index (χ0) is 19.4. The molecule has 0 radical (unpaired) electrons. The summed E-state index contributed by atoms with van der Waals surface area (Å²) < 4.78 is 22.8. The van der Waals surface area contributed by atoms with Gasteiger partial charge in [0.1, 0.15) is 10.7 Å². The first-order chi connectivity index (χ1) is 12.8. The monoisotopic (exact) mass is 401 g/mol. The van der Waals surface area contributed by atoms with Gasteiger partial charge in [-0.15, -0.1) is 11.3 Å². The average molecular weight is 402 g/mol. The van der Waals surface area contributed by atoms with E-state index in [0.717, 1.165) is 16.9 Å².